The molecule has 0 unspecified atom stereocenters. The summed E-state index contributed by atoms with van der Waals surface area (Å²) in [6.07, 6.45) is 0. The zero-order chi connectivity index (χ0) is 9.35. The smallest absolute Gasteiger partial charge is 0.225 e. The summed E-state index contributed by atoms with van der Waals surface area (Å²) in [5.41, 5.74) is 0. The number of nitrogens with two attached hydrogens (primary N) is 1. The third-order valence-electron chi connectivity index (χ3n) is 1.22. The molecular weight excluding hydrogens is 249 g/mol. The second kappa shape index (κ2) is 3.12. The van der Waals surface area contributed by atoms with Crippen molar-refractivity contribution in [2.24, 2.45) is 5.14 Å². The summed E-state index contributed by atoms with van der Waals surface area (Å²) in [5.74, 6) is -0.651. The largest absolute Gasteiger partial charge is 0.239 e. The van der Waals surface area contributed by atoms with Gasteiger partial charge in [-0.3, -0.25) is 0 Å². The molecule has 0 aliphatic carbocycles. The van der Waals surface area contributed by atoms with Gasteiger partial charge in [0.2, 0.25) is 10.0 Å². The fraction of sp³-hybridized carbons (Fsp3) is 0. The highest BCUT2D eigenvalue weighted by molar-refractivity contribution is 9.10. The highest BCUT2D eigenvalue weighted by Crippen LogP contribution is 2.23. The van der Waals surface area contributed by atoms with Gasteiger partial charge >= 0.3 is 0 Å². The van der Waals surface area contributed by atoms with Gasteiger partial charge in [0.1, 0.15) is 5.82 Å². The van der Waals surface area contributed by atoms with E-state index < -0.39 is 15.8 Å². The van der Waals surface area contributed by atoms with E-state index in [2.05, 4.69) is 15.9 Å². The molecule has 0 aliphatic rings. The Morgan fingerprint density at radius 2 is 2.00 bits per heavy atom. The number of rotatable bonds is 1. The zero-order valence-electron chi connectivity index (χ0n) is 5.79. The number of sulfonamides is 1. The predicted molar refractivity (Wildman–Crippen MR) is 45.5 cm³/mol. The van der Waals surface area contributed by atoms with E-state index in [9.17, 15) is 12.8 Å². The van der Waals surface area contributed by atoms with Gasteiger partial charge in [-0.05, 0) is 28.1 Å². The van der Waals surface area contributed by atoms with Crippen LogP contribution >= 0.6 is 15.9 Å². The summed E-state index contributed by atoms with van der Waals surface area (Å²) in [5, 5.41) is 4.80. The average Bonchev–Trinajstić information content (AvgIpc) is 1.92. The van der Waals surface area contributed by atoms with Crippen LogP contribution in [0.15, 0.2) is 27.6 Å². The number of primary sulfonamides is 1. The fourth-order valence-electron chi connectivity index (χ4n) is 0.704. The first kappa shape index (κ1) is 9.63. The van der Waals surface area contributed by atoms with Crippen LogP contribution in [0, 0.1) is 5.82 Å². The van der Waals surface area contributed by atoms with Crippen LogP contribution in [0.25, 0.3) is 0 Å². The topological polar surface area (TPSA) is 60.2 Å². The lowest BCUT2D eigenvalue weighted by Gasteiger charge is -2.00. The van der Waals surface area contributed by atoms with Crippen molar-refractivity contribution in [3.05, 3.63) is 28.5 Å². The molecule has 66 valence electrons. The molecule has 0 fully saturated rings. The molecule has 0 atom stereocenters. The first-order valence-electron chi connectivity index (χ1n) is 2.90. The van der Waals surface area contributed by atoms with Gasteiger partial charge in [-0.15, -0.1) is 0 Å². The lowest BCUT2D eigenvalue weighted by Crippen LogP contribution is -2.13. The van der Waals surface area contributed by atoms with Gasteiger partial charge in [0.15, 0.2) is 0 Å². The van der Waals surface area contributed by atoms with E-state index in [-0.39, 0.29) is 9.37 Å². The maximum absolute atomic E-state index is 12.7. The van der Waals surface area contributed by atoms with Crippen LogP contribution in [0.2, 0.25) is 0 Å². The Balaban J connectivity index is 3.47. The highest BCUT2D eigenvalue weighted by Gasteiger charge is 2.14. The van der Waals surface area contributed by atoms with Gasteiger partial charge in [0, 0.05) is 0 Å². The molecule has 0 amide bonds. The quantitative estimate of drug-likeness (QED) is 0.819. The van der Waals surface area contributed by atoms with Crippen molar-refractivity contribution in [1.82, 2.24) is 0 Å². The molecule has 3 nitrogen and oxygen atoms in total. The van der Waals surface area contributed by atoms with Crippen molar-refractivity contribution in [2.75, 3.05) is 0 Å². The molecule has 0 bridgehead atoms. The molecule has 0 aromatic heterocycles. The third kappa shape index (κ3) is 1.82. The minimum atomic E-state index is -3.84. The third-order valence-corrected chi connectivity index (χ3v) is 3.24. The molecular formula is C6H5BrFNO2S. The van der Waals surface area contributed by atoms with Gasteiger partial charge in [-0.25, -0.2) is 17.9 Å². The van der Waals surface area contributed by atoms with Crippen LogP contribution in [0.3, 0.4) is 0 Å². The first-order valence-corrected chi connectivity index (χ1v) is 5.23. The van der Waals surface area contributed by atoms with Gasteiger partial charge in [-0.1, -0.05) is 6.07 Å². The van der Waals surface area contributed by atoms with E-state index in [1.807, 2.05) is 0 Å². The minimum Gasteiger partial charge on any atom is -0.225 e. The Labute approximate surface area is 77.6 Å². The molecule has 0 saturated carbocycles. The van der Waals surface area contributed by atoms with Gasteiger partial charge in [0.25, 0.3) is 0 Å². The monoisotopic (exact) mass is 253 g/mol. The first-order chi connectivity index (χ1) is 5.43. The van der Waals surface area contributed by atoms with Crippen LogP contribution in [-0.2, 0) is 10.0 Å². The van der Waals surface area contributed by atoms with E-state index in [0.29, 0.717) is 0 Å². The minimum absolute atomic E-state index is 0.132. The summed E-state index contributed by atoms with van der Waals surface area (Å²) in [6.45, 7) is 0. The Morgan fingerprint density at radius 3 is 2.42 bits per heavy atom. The molecule has 0 saturated heterocycles. The van der Waals surface area contributed by atoms with E-state index in [1.54, 1.807) is 0 Å². The normalized spacial score (nSPS) is 11.6. The van der Waals surface area contributed by atoms with Gasteiger partial charge in [0.05, 0.1) is 9.37 Å². The molecule has 6 heteroatoms. The summed E-state index contributed by atoms with van der Waals surface area (Å²) in [4.78, 5) is -0.248. The molecule has 1 aromatic rings. The Bertz CT molecular complexity index is 404. The Kier molecular flexibility index (Phi) is 2.50. The maximum atomic E-state index is 12.7. The number of hydrogen-bond acceptors (Lipinski definition) is 2. The van der Waals surface area contributed by atoms with Crippen LogP contribution in [-0.4, -0.2) is 8.42 Å². The summed E-state index contributed by atoms with van der Waals surface area (Å²) in [7, 11) is -3.84. The predicted octanol–water partition coefficient (Wildman–Crippen LogP) is 1.24. The van der Waals surface area contributed by atoms with Crippen molar-refractivity contribution in [3.8, 4) is 0 Å². The second-order valence-electron chi connectivity index (χ2n) is 2.10. The van der Waals surface area contributed by atoms with Crippen LogP contribution in [0.1, 0.15) is 0 Å². The number of hydrogen-bond donors (Lipinski definition) is 1. The van der Waals surface area contributed by atoms with E-state index in [4.69, 9.17) is 5.14 Å². The Hall–Kier alpha value is -0.460. The molecule has 0 heterocycles. The van der Waals surface area contributed by atoms with Crippen molar-refractivity contribution >= 4 is 26.0 Å². The second-order valence-corrected chi connectivity index (χ2v) is 4.42. The summed E-state index contributed by atoms with van der Waals surface area (Å²) >= 11 is 2.78. The molecule has 0 aliphatic heterocycles. The number of benzene rings is 1. The van der Waals surface area contributed by atoms with E-state index >= 15 is 0 Å². The van der Waals surface area contributed by atoms with Crippen molar-refractivity contribution in [2.45, 2.75) is 4.90 Å². The summed E-state index contributed by atoms with van der Waals surface area (Å²) < 4.78 is 34.2. The summed E-state index contributed by atoms with van der Waals surface area (Å²) in [6, 6.07) is 3.64. The van der Waals surface area contributed by atoms with Crippen molar-refractivity contribution in [1.29, 1.82) is 0 Å². The molecule has 0 spiro atoms. The van der Waals surface area contributed by atoms with Crippen LogP contribution in [0.4, 0.5) is 4.39 Å². The molecule has 12 heavy (non-hydrogen) atoms. The van der Waals surface area contributed by atoms with E-state index in [1.165, 1.54) is 12.1 Å². The van der Waals surface area contributed by atoms with Crippen LogP contribution in [0.5, 0.6) is 0 Å². The van der Waals surface area contributed by atoms with E-state index in [0.717, 1.165) is 6.07 Å². The average molecular weight is 254 g/mol. The lowest BCUT2D eigenvalue weighted by atomic mass is 10.3. The van der Waals surface area contributed by atoms with Crippen molar-refractivity contribution in [3.63, 3.8) is 0 Å². The highest BCUT2D eigenvalue weighted by atomic mass is 79.9. The SMILES string of the molecule is NS(=O)(=O)c1cccc(F)c1Br. The van der Waals surface area contributed by atoms with Crippen LogP contribution < -0.4 is 5.14 Å². The van der Waals surface area contributed by atoms with Gasteiger partial charge in [-0.2, -0.15) is 0 Å². The zero-order valence-corrected chi connectivity index (χ0v) is 8.19. The maximum Gasteiger partial charge on any atom is 0.239 e. The fourth-order valence-corrected chi connectivity index (χ4v) is 2.26. The van der Waals surface area contributed by atoms with Crippen molar-refractivity contribution < 1.29 is 12.8 Å². The Morgan fingerprint density at radius 1 is 1.42 bits per heavy atom. The molecule has 1 aromatic carbocycles. The molecule has 2 N–H and O–H groups in total. The lowest BCUT2D eigenvalue weighted by molar-refractivity contribution is 0.589. The van der Waals surface area contributed by atoms with Gasteiger partial charge < -0.3 is 0 Å². The number of halogens is 2. The molecule has 0 radical (unpaired) electrons. The molecule has 1 rings (SSSR count). The standard InChI is InChI=1S/C6H5BrFNO2S/c7-6-4(8)2-1-3-5(6)12(9,10)11/h1-3H,(H2,9,10,11).